The number of anilines is 1. The Morgan fingerprint density at radius 2 is 1.62 bits per heavy atom. The van der Waals surface area contributed by atoms with E-state index < -0.39 is 40.2 Å². The summed E-state index contributed by atoms with van der Waals surface area (Å²) in [5.41, 5.74) is 0.546. The van der Waals surface area contributed by atoms with Gasteiger partial charge in [0.1, 0.15) is 31.6 Å². The van der Waals surface area contributed by atoms with Gasteiger partial charge in [0.15, 0.2) is 11.5 Å². The molecule has 4 rings (SSSR count). The quantitative estimate of drug-likeness (QED) is 0.334. The number of ether oxygens (including phenoxy) is 2. The number of carbonyl (C=O) groups excluding carboxylic acids is 2. The number of carbonyl (C=O) groups is 2. The third-order valence-electron chi connectivity index (χ3n) is 6.45. The molecule has 1 aliphatic rings. The minimum absolute atomic E-state index is 0.0448. The van der Waals surface area contributed by atoms with Crippen molar-refractivity contribution in [2.45, 2.75) is 44.3 Å². The van der Waals surface area contributed by atoms with Crippen LogP contribution in [0.2, 0.25) is 10.0 Å². The zero-order valence-corrected chi connectivity index (χ0v) is 25.5. The average molecular weight is 639 g/mol. The van der Waals surface area contributed by atoms with E-state index in [-0.39, 0.29) is 40.5 Å². The van der Waals surface area contributed by atoms with Crippen molar-refractivity contribution in [3.8, 4) is 11.5 Å². The second-order valence-electron chi connectivity index (χ2n) is 9.89. The highest BCUT2D eigenvalue weighted by Gasteiger charge is 2.33. The van der Waals surface area contributed by atoms with Crippen molar-refractivity contribution in [3.63, 3.8) is 0 Å². The molecule has 42 heavy (non-hydrogen) atoms. The van der Waals surface area contributed by atoms with Crippen LogP contribution in [0, 0.1) is 5.82 Å². The van der Waals surface area contributed by atoms with Crippen molar-refractivity contribution in [1.82, 2.24) is 10.2 Å². The Kier molecular flexibility index (Phi) is 9.85. The van der Waals surface area contributed by atoms with E-state index in [0.717, 1.165) is 16.4 Å². The normalized spacial score (nSPS) is 13.4. The lowest BCUT2D eigenvalue weighted by atomic mass is 10.1. The zero-order valence-electron chi connectivity index (χ0n) is 23.1. The third-order valence-corrected chi connectivity index (χ3v) is 8.81. The summed E-state index contributed by atoms with van der Waals surface area (Å²) in [7, 11) is -4.40. The van der Waals surface area contributed by atoms with Crippen molar-refractivity contribution in [2.24, 2.45) is 0 Å². The second-order valence-corrected chi connectivity index (χ2v) is 12.6. The van der Waals surface area contributed by atoms with Gasteiger partial charge in [-0.05, 0) is 74.9 Å². The maximum Gasteiger partial charge on any atom is 0.264 e. The third kappa shape index (κ3) is 7.26. The Labute approximate surface area is 254 Å². The molecule has 0 bridgehead atoms. The Morgan fingerprint density at radius 3 is 2.26 bits per heavy atom. The largest absolute Gasteiger partial charge is 0.486 e. The van der Waals surface area contributed by atoms with Crippen molar-refractivity contribution in [3.05, 3.63) is 82.1 Å². The van der Waals surface area contributed by atoms with Gasteiger partial charge in [0.25, 0.3) is 10.0 Å². The van der Waals surface area contributed by atoms with Crippen molar-refractivity contribution in [2.75, 3.05) is 24.1 Å². The van der Waals surface area contributed by atoms with Crippen LogP contribution in [0.1, 0.15) is 26.3 Å². The van der Waals surface area contributed by atoms with E-state index in [1.807, 2.05) is 0 Å². The van der Waals surface area contributed by atoms with Crippen LogP contribution in [0.4, 0.5) is 10.1 Å². The fourth-order valence-corrected chi connectivity index (χ4v) is 6.17. The molecule has 1 heterocycles. The topological polar surface area (TPSA) is 105 Å². The van der Waals surface area contributed by atoms with E-state index in [9.17, 15) is 22.4 Å². The summed E-state index contributed by atoms with van der Waals surface area (Å²) >= 11 is 12.4. The fraction of sp³-hybridized carbons (Fsp3) is 0.310. The lowest BCUT2D eigenvalue weighted by Crippen LogP contribution is -2.52. The molecule has 3 aromatic carbocycles. The molecule has 3 aromatic rings. The van der Waals surface area contributed by atoms with Gasteiger partial charge in [-0.2, -0.15) is 0 Å². The Balaban J connectivity index is 1.74. The van der Waals surface area contributed by atoms with Gasteiger partial charge in [-0.3, -0.25) is 13.9 Å². The number of nitrogens with one attached hydrogen (secondary N) is 1. The van der Waals surface area contributed by atoms with Gasteiger partial charge in [0.2, 0.25) is 11.8 Å². The van der Waals surface area contributed by atoms with Crippen molar-refractivity contribution >= 4 is 50.7 Å². The first-order valence-electron chi connectivity index (χ1n) is 13.1. The number of halogens is 3. The molecule has 0 fully saturated rings. The number of fused-ring (bicyclic) bond motifs is 1. The predicted molar refractivity (Wildman–Crippen MR) is 158 cm³/mol. The molecule has 1 unspecified atom stereocenters. The van der Waals surface area contributed by atoms with E-state index in [4.69, 9.17) is 32.7 Å². The number of nitrogens with zero attached hydrogens (tertiary/aromatic N) is 2. The molecule has 1 atom stereocenters. The van der Waals surface area contributed by atoms with Gasteiger partial charge in [-0.25, -0.2) is 12.8 Å². The highest BCUT2D eigenvalue weighted by atomic mass is 35.5. The molecule has 2 amide bonds. The summed E-state index contributed by atoms with van der Waals surface area (Å²) in [6, 6.07) is 12.4. The van der Waals surface area contributed by atoms with Crippen LogP contribution in [-0.4, -0.2) is 57.0 Å². The molecule has 9 nitrogen and oxygen atoms in total. The number of hydrogen-bond donors (Lipinski definition) is 1. The number of hydrogen-bond acceptors (Lipinski definition) is 6. The van der Waals surface area contributed by atoms with Crippen LogP contribution in [0.15, 0.2) is 65.6 Å². The van der Waals surface area contributed by atoms with Gasteiger partial charge < -0.3 is 19.7 Å². The van der Waals surface area contributed by atoms with Gasteiger partial charge in [-0.1, -0.05) is 29.3 Å². The Morgan fingerprint density at radius 1 is 0.952 bits per heavy atom. The van der Waals surface area contributed by atoms with Crippen molar-refractivity contribution < 1.29 is 31.9 Å². The molecule has 1 N–H and O–H groups in total. The van der Waals surface area contributed by atoms with E-state index in [1.165, 1.54) is 48.2 Å². The molecular formula is C29H30Cl2FN3O6S. The lowest BCUT2D eigenvalue weighted by molar-refractivity contribution is -0.139. The Hall–Kier alpha value is -3.54. The van der Waals surface area contributed by atoms with Gasteiger partial charge in [-0.15, -0.1) is 0 Å². The summed E-state index contributed by atoms with van der Waals surface area (Å²) < 4.78 is 53.8. The minimum Gasteiger partial charge on any atom is -0.486 e. The molecule has 0 saturated carbocycles. The maximum absolute atomic E-state index is 14.0. The molecule has 13 heteroatoms. The fourth-order valence-electron chi connectivity index (χ4n) is 4.27. The van der Waals surface area contributed by atoms with Gasteiger partial charge >= 0.3 is 0 Å². The molecule has 0 radical (unpaired) electrons. The van der Waals surface area contributed by atoms with Crippen LogP contribution >= 0.6 is 23.2 Å². The van der Waals surface area contributed by atoms with Crippen LogP contribution in [-0.2, 0) is 26.2 Å². The number of amides is 2. The first kappa shape index (κ1) is 31.4. The smallest absolute Gasteiger partial charge is 0.264 e. The number of rotatable bonds is 10. The zero-order chi connectivity index (χ0) is 30.6. The first-order chi connectivity index (χ1) is 19.9. The summed E-state index contributed by atoms with van der Waals surface area (Å²) in [6.45, 7) is 4.86. The molecule has 0 spiro atoms. The molecule has 1 aliphatic heterocycles. The standard InChI is InChI=1S/C29H30Cl2FN3O6S/c1-18(2)33-29(37)19(3)34(16-20-4-5-21(30)14-25(20)31)28(36)17-35(23-8-6-22(32)7-9-23)42(38,39)24-10-11-26-27(15-24)41-13-12-40-26/h4-11,14-15,18-19H,12-13,16-17H2,1-3H3,(H,33,37). The molecule has 224 valence electrons. The van der Waals surface area contributed by atoms with Crippen LogP contribution in [0.5, 0.6) is 11.5 Å². The highest BCUT2D eigenvalue weighted by molar-refractivity contribution is 7.92. The number of sulfonamides is 1. The molecular weight excluding hydrogens is 608 g/mol. The average Bonchev–Trinajstić information content (AvgIpc) is 2.95. The summed E-state index contributed by atoms with van der Waals surface area (Å²) in [5.74, 6) is -1.09. The molecule has 0 saturated heterocycles. The molecule has 0 aromatic heterocycles. The van der Waals surface area contributed by atoms with Crippen LogP contribution in [0.3, 0.4) is 0 Å². The SMILES string of the molecule is CC(C)NC(=O)C(C)N(Cc1ccc(Cl)cc1Cl)C(=O)CN(c1ccc(F)cc1)S(=O)(=O)c1ccc2c(c1)OCCO2. The number of benzene rings is 3. The minimum atomic E-state index is -4.40. The van der Waals surface area contributed by atoms with Crippen LogP contribution < -0.4 is 19.1 Å². The Bertz CT molecular complexity index is 1570. The van der Waals surface area contributed by atoms with E-state index in [2.05, 4.69) is 5.32 Å². The lowest BCUT2D eigenvalue weighted by Gasteiger charge is -2.32. The summed E-state index contributed by atoms with van der Waals surface area (Å²) in [4.78, 5) is 28.1. The van der Waals surface area contributed by atoms with E-state index in [1.54, 1.807) is 26.0 Å². The van der Waals surface area contributed by atoms with Gasteiger partial charge in [0, 0.05) is 28.7 Å². The highest BCUT2D eigenvalue weighted by Crippen LogP contribution is 2.34. The molecule has 0 aliphatic carbocycles. The van der Waals surface area contributed by atoms with E-state index >= 15 is 0 Å². The summed E-state index contributed by atoms with van der Waals surface area (Å²) in [5, 5.41) is 3.44. The predicted octanol–water partition coefficient (Wildman–Crippen LogP) is 5.04. The maximum atomic E-state index is 14.0. The first-order valence-corrected chi connectivity index (χ1v) is 15.3. The van der Waals surface area contributed by atoms with E-state index in [0.29, 0.717) is 22.9 Å². The van der Waals surface area contributed by atoms with Gasteiger partial charge in [0.05, 0.1) is 10.6 Å². The monoisotopic (exact) mass is 637 g/mol. The van der Waals surface area contributed by atoms with Crippen molar-refractivity contribution in [1.29, 1.82) is 0 Å². The second kappa shape index (κ2) is 13.2. The summed E-state index contributed by atoms with van der Waals surface area (Å²) in [6.07, 6.45) is 0. The van der Waals surface area contributed by atoms with Crippen LogP contribution in [0.25, 0.3) is 0 Å².